The lowest BCUT2D eigenvalue weighted by molar-refractivity contribution is 0.0191. The zero-order valence-electron chi connectivity index (χ0n) is 13.8. The molecule has 1 aliphatic heterocycles. The zero-order chi connectivity index (χ0) is 16.5. The number of hydrogen-bond acceptors (Lipinski definition) is 4. The van der Waals surface area contributed by atoms with E-state index in [0.717, 1.165) is 0 Å². The molecule has 0 bridgehead atoms. The average molecular weight is 321 g/mol. The number of carbonyl (C=O) groups is 1. The van der Waals surface area contributed by atoms with E-state index in [1.807, 2.05) is 0 Å². The van der Waals surface area contributed by atoms with Gasteiger partial charge in [-0.25, -0.2) is 4.79 Å². The molecule has 1 fully saturated rings. The first-order valence-electron chi connectivity index (χ1n) is 7.07. The van der Waals surface area contributed by atoms with Crippen LogP contribution in [0, 0.1) is 0 Å². The third-order valence-corrected chi connectivity index (χ3v) is 4.58. The Morgan fingerprint density at radius 1 is 1.00 bits per heavy atom. The van der Waals surface area contributed by atoms with Crippen molar-refractivity contribution in [1.29, 1.82) is 0 Å². The summed E-state index contributed by atoms with van der Waals surface area (Å²) in [7, 11) is -3.52. The number of piperazine rings is 1. The summed E-state index contributed by atoms with van der Waals surface area (Å²) in [5, 5.41) is 0. The molecule has 21 heavy (non-hydrogen) atoms. The second-order valence-corrected chi connectivity index (χ2v) is 8.89. The van der Waals surface area contributed by atoms with E-state index in [1.54, 1.807) is 41.5 Å². The van der Waals surface area contributed by atoms with Crippen LogP contribution in [0.5, 0.6) is 0 Å². The zero-order valence-corrected chi connectivity index (χ0v) is 14.6. The summed E-state index contributed by atoms with van der Waals surface area (Å²) in [6.45, 7) is 12.0. The number of carbonyl (C=O) groups excluding carboxylic acids is 1. The van der Waals surface area contributed by atoms with Crippen LogP contribution in [0.2, 0.25) is 0 Å². The summed E-state index contributed by atoms with van der Waals surface area (Å²) in [5.74, 6) is 0. The fourth-order valence-corrected chi connectivity index (χ4v) is 3.44. The molecule has 1 N–H and O–H groups in total. The Balaban J connectivity index is 2.58. The second-order valence-electron chi connectivity index (χ2n) is 7.22. The lowest BCUT2D eigenvalue weighted by atomic mass is 10.1. The lowest BCUT2D eigenvalue weighted by Gasteiger charge is -2.36. The van der Waals surface area contributed by atoms with Gasteiger partial charge in [0.2, 0.25) is 0 Å². The van der Waals surface area contributed by atoms with Gasteiger partial charge in [0.05, 0.1) is 0 Å². The van der Waals surface area contributed by atoms with Gasteiger partial charge in [-0.1, -0.05) is 0 Å². The van der Waals surface area contributed by atoms with Gasteiger partial charge >= 0.3 is 6.09 Å². The molecule has 0 spiro atoms. The maximum atomic E-state index is 12.2. The van der Waals surface area contributed by atoms with Gasteiger partial charge in [0.1, 0.15) is 5.60 Å². The van der Waals surface area contributed by atoms with E-state index in [1.165, 1.54) is 9.21 Å². The summed E-state index contributed by atoms with van der Waals surface area (Å²) < 4.78 is 33.6. The van der Waals surface area contributed by atoms with Gasteiger partial charge in [-0.05, 0) is 41.5 Å². The van der Waals surface area contributed by atoms with E-state index in [0.29, 0.717) is 13.1 Å². The summed E-state index contributed by atoms with van der Waals surface area (Å²) in [5.41, 5.74) is -1.07. The van der Waals surface area contributed by atoms with E-state index in [4.69, 9.17) is 4.74 Å². The quantitative estimate of drug-likeness (QED) is 0.828. The molecule has 0 aromatic rings. The van der Waals surface area contributed by atoms with Crippen LogP contribution in [0.1, 0.15) is 41.5 Å². The number of nitrogens with one attached hydrogen (secondary N) is 1. The third-order valence-electron chi connectivity index (χ3n) is 2.67. The van der Waals surface area contributed by atoms with E-state index in [-0.39, 0.29) is 13.1 Å². The van der Waals surface area contributed by atoms with Crippen molar-refractivity contribution in [3.8, 4) is 0 Å². The van der Waals surface area contributed by atoms with Crippen molar-refractivity contribution < 1.29 is 17.9 Å². The van der Waals surface area contributed by atoms with E-state index in [9.17, 15) is 13.2 Å². The number of rotatable bonds is 2. The highest BCUT2D eigenvalue weighted by molar-refractivity contribution is 7.87. The van der Waals surface area contributed by atoms with Crippen molar-refractivity contribution in [2.75, 3.05) is 26.2 Å². The highest BCUT2D eigenvalue weighted by Crippen LogP contribution is 2.14. The van der Waals surface area contributed by atoms with Crippen molar-refractivity contribution in [3.05, 3.63) is 0 Å². The first-order valence-corrected chi connectivity index (χ1v) is 8.51. The Kier molecular flexibility index (Phi) is 5.28. The molecule has 0 unspecified atom stereocenters. The molecule has 8 heteroatoms. The van der Waals surface area contributed by atoms with Crippen LogP contribution in [-0.4, -0.2) is 61.0 Å². The first kappa shape index (κ1) is 18.2. The molecule has 1 rings (SSSR count). The molecule has 0 aliphatic carbocycles. The molecule has 0 aromatic carbocycles. The van der Waals surface area contributed by atoms with Crippen LogP contribution in [0.4, 0.5) is 4.79 Å². The molecule has 7 nitrogen and oxygen atoms in total. The van der Waals surface area contributed by atoms with Crippen molar-refractivity contribution in [3.63, 3.8) is 0 Å². The third kappa shape index (κ3) is 6.19. The fourth-order valence-electron chi connectivity index (χ4n) is 1.89. The predicted octanol–water partition coefficient (Wildman–Crippen LogP) is 1.17. The van der Waals surface area contributed by atoms with E-state index in [2.05, 4.69) is 4.72 Å². The second kappa shape index (κ2) is 6.10. The van der Waals surface area contributed by atoms with Crippen LogP contribution in [0.15, 0.2) is 0 Å². The van der Waals surface area contributed by atoms with Crippen LogP contribution >= 0.6 is 0 Å². The Bertz CT molecular complexity index is 469. The van der Waals surface area contributed by atoms with E-state index >= 15 is 0 Å². The summed E-state index contributed by atoms with van der Waals surface area (Å²) in [6, 6.07) is 0. The van der Waals surface area contributed by atoms with Crippen molar-refractivity contribution >= 4 is 16.3 Å². The number of nitrogens with zero attached hydrogens (tertiary/aromatic N) is 2. The topological polar surface area (TPSA) is 79.0 Å². The summed E-state index contributed by atoms with van der Waals surface area (Å²) in [6.07, 6.45) is -0.400. The smallest absolute Gasteiger partial charge is 0.410 e. The number of amides is 1. The summed E-state index contributed by atoms with van der Waals surface area (Å²) in [4.78, 5) is 13.5. The number of ether oxygens (including phenoxy) is 1. The van der Waals surface area contributed by atoms with Crippen molar-refractivity contribution in [2.24, 2.45) is 0 Å². The largest absolute Gasteiger partial charge is 0.444 e. The SMILES string of the molecule is CC(C)(C)NS(=O)(=O)N1CCN(C(=O)OC(C)(C)C)CC1. The van der Waals surface area contributed by atoms with Crippen LogP contribution in [-0.2, 0) is 14.9 Å². The molecule has 1 aliphatic rings. The van der Waals surface area contributed by atoms with Crippen molar-refractivity contribution in [2.45, 2.75) is 52.7 Å². The molecule has 0 atom stereocenters. The standard InChI is InChI=1S/C13H27N3O4S/c1-12(2,3)14-21(18,19)16-9-7-15(8-10-16)11(17)20-13(4,5)6/h14H,7-10H2,1-6H3. The minimum absolute atomic E-state index is 0.269. The Morgan fingerprint density at radius 3 is 1.86 bits per heavy atom. The lowest BCUT2D eigenvalue weighted by Crippen LogP contribution is -2.56. The maximum absolute atomic E-state index is 12.2. The molecule has 124 valence electrons. The number of hydrogen-bond donors (Lipinski definition) is 1. The van der Waals surface area contributed by atoms with Crippen LogP contribution in [0.25, 0.3) is 0 Å². The van der Waals surface area contributed by atoms with Gasteiger partial charge in [-0.15, -0.1) is 0 Å². The van der Waals surface area contributed by atoms with E-state index < -0.39 is 27.4 Å². The minimum atomic E-state index is -3.52. The molecule has 1 amide bonds. The Labute approximate surface area is 127 Å². The highest BCUT2D eigenvalue weighted by Gasteiger charge is 2.32. The average Bonchev–Trinajstić information content (AvgIpc) is 2.23. The maximum Gasteiger partial charge on any atom is 0.410 e. The van der Waals surface area contributed by atoms with Crippen molar-refractivity contribution in [1.82, 2.24) is 13.9 Å². The Morgan fingerprint density at radius 2 is 1.48 bits per heavy atom. The summed E-state index contributed by atoms with van der Waals surface area (Å²) >= 11 is 0. The normalized spacial score (nSPS) is 18.7. The Hall–Kier alpha value is -0.860. The monoisotopic (exact) mass is 321 g/mol. The van der Waals surface area contributed by atoms with Gasteiger partial charge in [0.15, 0.2) is 0 Å². The van der Waals surface area contributed by atoms with Gasteiger partial charge < -0.3 is 9.64 Å². The molecule has 0 radical (unpaired) electrons. The van der Waals surface area contributed by atoms with Gasteiger partial charge in [0, 0.05) is 31.7 Å². The van der Waals surface area contributed by atoms with Crippen LogP contribution < -0.4 is 4.72 Å². The molecule has 1 saturated heterocycles. The molecule has 1 heterocycles. The predicted molar refractivity (Wildman–Crippen MR) is 81.2 cm³/mol. The molecule has 0 saturated carbocycles. The molecular formula is C13H27N3O4S. The fraction of sp³-hybridized carbons (Fsp3) is 0.923. The molecular weight excluding hydrogens is 294 g/mol. The molecule has 0 aromatic heterocycles. The van der Waals surface area contributed by atoms with Gasteiger partial charge in [-0.3, -0.25) is 0 Å². The minimum Gasteiger partial charge on any atom is -0.444 e. The first-order chi connectivity index (χ1) is 9.30. The highest BCUT2D eigenvalue weighted by atomic mass is 32.2. The van der Waals surface area contributed by atoms with Gasteiger partial charge in [-0.2, -0.15) is 17.4 Å². The van der Waals surface area contributed by atoms with Gasteiger partial charge in [0.25, 0.3) is 10.2 Å². The van der Waals surface area contributed by atoms with Crippen LogP contribution in [0.3, 0.4) is 0 Å².